The average Bonchev–Trinajstić information content (AvgIpc) is 2.36. The van der Waals surface area contributed by atoms with E-state index in [4.69, 9.17) is 15.0 Å². The molecule has 3 N–H and O–H groups in total. The Morgan fingerprint density at radius 1 is 1.30 bits per heavy atom. The molecule has 0 aromatic heterocycles. The van der Waals surface area contributed by atoms with E-state index in [1.807, 2.05) is 6.92 Å². The highest BCUT2D eigenvalue weighted by Gasteiger charge is 2.49. The SMILES string of the molecule is CCCCOC(=O)C(C)(N(C)C)S(=O)(=O)O.CCCN. The quantitative estimate of drug-likeness (QED) is 0.407. The fourth-order valence-electron chi connectivity index (χ4n) is 0.962. The van der Waals surface area contributed by atoms with Crippen LogP contribution in [0.4, 0.5) is 0 Å². The third-order valence-electron chi connectivity index (χ3n) is 2.75. The second-order valence-electron chi connectivity index (χ2n) is 4.63. The van der Waals surface area contributed by atoms with Crippen LogP contribution in [0.1, 0.15) is 40.0 Å². The second kappa shape index (κ2) is 10.1. The van der Waals surface area contributed by atoms with Gasteiger partial charge in [0.1, 0.15) is 0 Å². The number of nitrogens with two attached hydrogens (primary N) is 1. The molecule has 0 saturated carbocycles. The normalized spacial score (nSPS) is 14.2. The van der Waals surface area contributed by atoms with Crippen molar-refractivity contribution < 1.29 is 22.5 Å². The average molecular weight is 312 g/mol. The van der Waals surface area contributed by atoms with E-state index in [1.165, 1.54) is 14.1 Å². The number of esters is 1. The maximum absolute atomic E-state index is 11.6. The zero-order valence-corrected chi connectivity index (χ0v) is 13.9. The molecule has 0 saturated heterocycles. The van der Waals surface area contributed by atoms with Crippen molar-refractivity contribution in [1.29, 1.82) is 0 Å². The van der Waals surface area contributed by atoms with Gasteiger partial charge in [-0.05, 0) is 40.4 Å². The number of unbranched alkanes of at least 4 members (excludes halogenated alkanes) is 1. The van der Waals surface area contributed by atoms with Crippen LogP contribution in [0.5, 0.6) is 0 Å². The number of carbonyl (C=O) groups excluding carboxylic acids is 1. The van der Waals surface area contributed by atoms with Gasteiger partial charge in [-0.3, -0.25) is 9.45 Å². The van der Waals surface area contributed by atoms with Crippen molar-refractivity contribution in [2.24, 2.45) is 5.73 Å². The van der Waals surface area contributed by atoms with E-state index in [9.17, 15) is 13.2 Å². The molecule has 1 atom stereocenters. The largest absolute Gasteiger partial charge is 0.463 e. The number of carbonyl (C=O) groups is 1. The van der Waals surface area contributed by atoms with Crippen molar-refractivity contribution >= 4 is 16.1 Å². The van der Waals surface area contributed by atoms with Crippen LogP contribution in [0.3, 0.4) is 0 Å². The predicted molar refractivity (Wildman–Crippen MR) is 78.9 cm³/mol. The van der Waals surface area contributed by atoms with Crippen molar-refractivity contribution in [3.8, 4) is 0 Å². The molecule has 0 aliphatic rings. The summed E-state index contributed by atoms with van der Waals surface area (Å²) in [6, 6.07) is 0. The van der Waals surface area contributed by atoms with Crippen LogP contribution in [0.15, 0.2) is 0 Å². The molecule has 0 aliphatic heterocycles. The first-order chi connectivity index (χ1) is 9.09. The Balaban J connectivity index is 0. The second-order valence-corrected chi connectivity index (χ2v) is 6.38. The lowest BCUT2D eigenvalue weighted by Crippen LogP contribution is -2.55. The third kappa shape index (κ3) is 6.65. The summed E-state index contributed by atoms with van der Waals surface area (Å²) >= 11 is 0. The van der Waals surface area contributed by atoms with Gasteiger partial charge in [0.25, 0.3) is 10.1 Å². The van der Waals surface area contributed by atoms with Gasteiger partial charge in [-0.2, -0.15) is 8.42 Å². The zero-order valence-electron chi connectivity index (χ0n) is 13.0. The van der Waals surface area contributed by atoms with E-state index < -0.39 is 21.0 Å². The summed E-state index contributed by atoms with van der Waals surface area (Å²) in [6.07, 6.45) is 2.58. The molecule has 0 aromatic carbocycles. The highest BCUT2D eigenvalue weighted by molar-refractivity contribution is 7.88. The number of ether oxygens (including phenoxy) is 1. The van der Waals surface area contributed by atoms with Gasteiger partial charge in [0.2, 0.25) is 4.87 Å². The molecule has 0 rings (SSSR count). The molecule has 0 spiro atoms. The molecule has 122 valence electrons. The number of hydrogen-bond acceptors (Lipinski definition) is 6. The molecular formula is C12H28N2O5S. The first-order valence-corrected chi connectivity index (χ1v) is 8.05. The van der Waals surface area contributed by atoms with Crippen molar-refractivity contribution in [3.05, 3.63) is 0 Å². The van der Waals surface area contributed by atoms with Crippen LogP contribution in [0.25, 0.3) is 0 Å². The van der Waals surface area contributed by atoms with E-state index in [1.54, 1.807) is 0 Å². The first-order valence-electron chi connectivity index (χ1n) is 6.61. The van der Waals surface area contributed by atoms with Gasteiger partial charge in [-0.25, -0.2) is 4.79 Å². The van der Waals surface area contributed by atoms with Gasteiger partial charge in [-0.1, -0.05) is 20.3 Å². The number of likely N-dealkylation sites (N-methyl/N-ethyl adjacent to an activating group) is 1. The molecule has 0 heterocycles. The summed E-state index contributed by atoms with van der Waals surface area (Å²) in [4.78, 5) is 10.7. The number of hydrogen-bond donors (Lipinski definition) is 2. The maximum atomic E-state index is 11.6. The Hall–Kier alpha value is -0.700. The van der Waals surface area contributed by atoms with Crippen LogP contribution < -0.4 is 5.73 Å². The first kappa shape index (κ1) is 21.6. The molecule has 0 radical (unpaired) electrons. The molecule has 0 bridgehead atoms. The molecule has 0 fully saturated rings. The van der Waals surface area contributed by atoms with Gasteiger partial charge in [0.15, 0.2) is 0 Å². The Kier molecular flexibility index (Phi) is 10.9. The minimum atomic E-state index is -4.55. The standard InChI is InChI=1S/C9H19NO5S.C3H9N/c1-5-6-7-15-8(11)9(2,10(3)4)16(12,13)14;1-2-3-4/h5-7H2,1-4H3,(H,12,13,14);2-4H2,1H3. The topological polar surface area (TPSA) is 110 Å². The van der Waals surface area contributed by atoms with Crippen molar-refractivity contribution in [3.63, 3.8) is 0 Å². The van der Waals surface area contributed by atoms with Crippen LogP contribution >= 0.6 is 0 Å². The summed E-state index contributed by atoms with van der Waals surface area (Å²) in [5, 5.41) is 0. The zero-order chi connectivity index (χ0) is 16.4. The molecule has 0 amide bonds. The monoisotopic (exact) mass is 312 g/mol. The molecule has 8 heteroatoms. The van der Waals surface area contributed by atoms with Gasteiger partial charge >= 0.3 is 5.97 Å². The minimum absolute atomic E-state index is 0.147. The molecule has 1 unspecified atom stereocenters. The lowest BCUT2D eigenvalue weighted by Gasteiger charge is -2.30. The Morgan fingerprint density at radius 3 is 2.00 bits per heavy atom. The van der Waals surface area contributed by atoms with Gasteiger partial charge in [-0.15, -0.1) is 0 Å². The maximum Gasteiger partial charge on any atom is 0.344 e. The Labute approximate surface area is 122 Å². The summed E-state index contributed by atoms with van der Waals surface area (Å²) in [5.74, 6) is -0.964. The highest BCUT2D eigenvalue weighted by atomic mass is 32.2. The van der Waals surface area contributed by atoms with Crippen LogP contribution in [0, 0.1) is 0 Å². The molecule has 7 nitrogen and oxygen atoms in total. The lowest BCUT2D eigenvalue weighted by atomic mass is 10.3. The summed E-state index contributed by atoms with van der Waals surface area (Å²) < 4.78 is 36.2. The Bertz CT molecular complexity index is 368. The van der Waals surface area contributed by atoms with Crippen molar-refractivity contribution in [2.75, 3.05) is 27.2 Å². The molecular weight excluding hydrogens is 284 g/mol. The minimum Gasteiger partial charge on any atom is -0.463 e. The van der Waals surface area contributed by atoms with E-state index in [2.05, 4.69) is 6.92 Å². The summed E-state index contributed by atoms with van der Waals surface area (Å²) in [6.45, 7) is 6.05. The van der Waals surface area contributed by atoms with E-state index in [0.29, 0.717) is 6.42 Å². The number of nitrogens with zero attached hydrogens (tertiary/aromatic N) is 1. The van der Waals surface area contributed by atoms with Gasteiger partial charge in [0.05, 0.1) is 6.61 Å². The van der Waals surface area contributed by atoms with Crippen LogP contribution in [-0.2, 0) is 19.6 Å². The summed E-state index contributed by atoms with van der Waals surface area (Å²) in [7, 11) is -1.78. The fourth-order valence-corrected chi connectivity index (χ4v) is 1.69. The summed E-state index contributed by atoms with van der Waals surface area (Å²) in [5.41, 5.74) is 5.03. The fraction of sp³-hybridized carbons (Fsp3) is 0.917. The van der Waals surface area contributed by atoms with Crippen LogP contribution in [-0.4, -0.2) is 56.0 Å². The van der Waals surface area contributed by atoms with Gasteiger partial charge < -0.3 is 10.5 Å². The smallest absolute Gasteiger partial charge is 0.344 e. The molecule has 20 heavy (non-hydrogen) atoms. The molecule has 0 aliphatic carbocycles. The van der Waals surface area contributed by atoms with E-state index in [0.717, 1.165) is 31.2 Å². The lowest BCUT2D eigenvalue weighted by molar-refractivity contribution is -0.151. The van der Waals surface area contributed by atoms with Crippen molar-refractivity contribution in [1.82, 2.24) is 4.90 Å². The van der Waals surface area contributed by atoms with Crippen LogP contribution in [0.2, 0.25) is 0 Å². The third-order valence-corrected chi connectivity index (χ3v) is 4.29. The highest BCUT2D eigenvalue weighted by Crippen LogP contribution is 2.20. The van der Waals surface area contributed by atoms with E-state index in [-0.39, 0.29) is 6.61 Å². The van der Waals surface area contributed by atoms with E-state index >= 15 is 0 Å². The Morgan fingerprint density at radius 2 is 1.75 bits per heavy atom. The predicted octanol–water partition coefficient (Wildman–Crippen LogP) is 0.850. The van der Waals surface area contributed by atoms with Gasteiger partial charge in [0, 0.05) is 0 Å². The van der Waals surface area contributed by atoms with Crippen molar-refractivity contribution in [2.45, 2.75) is 44.9 Å². The molecule has 0 aromatic rings. The number of rotatable bonds is 7.